The summed E-state index contributed by atoms with van der Waals surface area (Å²) in [4.78, 5) is 33.9. The number of halogens is 4. The van der Waals surface area contributed by atoms with Gasteiger partial charge >= 0.3 is 5.92 Å². The smallest absolute Gasteiger partial charge is 0.349 e. The number of thiazole rings is 1. The molecule has 3 aromatic rings. The lowest BCUT2D eigenvalue weighted by Crippen LogP contribution is -2.62. The molecule has 3 fully saturated rings. The predicted octanol–water partition coefficient (Wildman–Crippen LogP) is 4.96. The van der Waals surface area contributed by atoms with Crippen molar-refractivity contribution in [2.75, 3.05) is 26.2 Å². The van der Waals surface area contributed by atoms with E-state index < -0.39 is 28.7 Å². The van der Waals surface area contributed by atoms with E-state index in [0.29, 0.717) is 13.1 Å². The Hall–Kier alpha value is -3.14. The fourth-order valence-corrected chi connectivity index (χ4v) is 6.64. The Balaban J connectivity index is 1.28. The summed E-state index contributed by atoms with van der Waals surface area (Å²) in [5.41, 5.74) is -1.14. The number of aromatic nitrogens is 3. The molecule has 1 aromatic carbocycles. The molecule has 14 heteroatoms. The van der Waals surface area contributed by atoms with E-state index in [1.54, 1.807) is 9.80 Å². The molecule has 0 N–H and O–H groups in total. The van der Waals surface area contributed by atoms with Gasteiger partial charge in [0.1, 0.15) is 10.9 Å². The number of nitriles is 1. The van der Waals surface area contributed by atoms with Crippen LogP contribution in [0.2, 0.25) is 10.0 Å². The van der Waals surface area contributed by atoms with Crippen molar-refractivity contribution < 1.29 is 22.8 Å². The second-order valence-electron chi connectivity index (χ2n) is 11.3. The van der Waals surface area contributed by atoms with Gasteiger partial charge in [0.25, 0.3) is 11.8 Å². The van der Waals surface area contributed by atoms with Crippen LogP contribution in [0.15, 0.2) is 28.8 Å². The van der Waals surface area contributed by atoms with Crippen molar-refractivity contribution in [2.45, 2.75) is 32.1 Å². The highest BCUT2D eigenvalue weighted by Crippen LogP contribution is 2.56. The van der Waals surface area contributed by atoms with Gasteiger partial charge in [0.15, 0.2) is 5.01 Å². The fourth-order valence-electron chi connectivity index (χ4n) is 5.66. The summed E-state index contributed by atoms with van der Waals surface area (Å²) in [7, 11) is 0. The quantitative estimate of drug-likeness (QED) is 0.403. The van der Waals surface area contributed by atoms with E-state index in [9.17, 15) is 9.59 Å². The lowest BCUT2D eigenvalue weighted by atomic mass is 9.71. The maximum Gasteiger partial charge on any atom is 0.349 e. The average Bonchev–Trinajstić information content (AvgIpc) is 3.40. The van der Waals surface area contributed by atoms with Crippen molar-refractivity contribution in [3.05, 3.63) is 61.7 Å². The summed E-state index contributed by atoms with van der Waals surface area (Å²) >= 11 is 12.8. The third kappa shape index (κ3) is 4.35. The van der Waals surface area contributed by atoms with Crippen molar-refractivity contribution in [2.24, 2.45) is 16.7 Å². The molecule has 1 aliphatic carbocycles. The van der Waals surface area contributed by atoms with Gasteiger partial charge in [-0.2, -0.15) is 14.0 Å². The monoisotopic (exact) mass is 606 g/mol. The van der Waals surface area contributed by atoms with Gasteiger partial charge < -0.3 is 14.2 Å². The number of hydrogen-bond acceptors (Lipinski definition) is 8. The molecule has 0 bridgehead atoms. The van der Waals surface area contributed by atoms with Crippen LogP contribution in [-0.2, 0) is 10.7 Å². The highest BCUT2D eigenvalue weighted by Gasteiger charge is 2.62. The molecule has 6 rings (SSSR count). The Bertz CT molecular complexity index is 1580. The number of carbonyl (C=O) groups is 2. The first-order valence-corrected chi connectivity index (χ1v) is 14.0. The van der Waals surface area contributed by atoms with Crippen LogP contribution in [0.3, 0.4) is 0 Å². The summed E-state index contributed by atoms with van der Waals surface area (Å²) < 4.78 is 36.3. The number of benzene rings is 1. The number of alkyl halides is 2. The predicted molar refractivity (Wildman–Crippen MR) is 140 cm³/mol. The summed E-state index contributed by atoms with van der Waals surface area (Å²) in [6.07, 6.45) is 2.16. The van der Waals surface area contributed by atoms with E-state index in [1.165, 1.54) is 12.3 Å². The molecule has 2 amide bonds. The Labute approximate surface area is 241 Å². The van der Waals surface area contributed by atoms with Gasteiger partial charge in [-0.3, -0.25) is 9.59 Å². The minimum atomic E-state index is -3.64. The van der Waals surface area contributed by atoms with E-state index in [4.69, 9.17) is 32.9 Å². The van der Waals surface area contributed by atoms with Gasteiger partial charge in [0, 0.05) is 43.1 Å². The van der Waals surface area contributed by atoms with E-state index in [-0.39, 0.29) is 62.1 Å². The highest BCUT2D eigenvalue weighted by atomic mass is 35.5. The van der Waals surface area contributed by atoms with Crippen molar-refractivity contribution >= 4 is 46.4 Å². The third-order valence-electron chi connectivity index (χ3n) is 8.17. The van der Waals surface area contributed by atoms with Crippen molar-refractivity contribution in [3.63, 3.8) is 0 Å². The molecule has 2 aromatic heterocycles. The SMILES string of the molecule is CC1(C)C[C@@H]1C(=O)N1CC2(CN(C(=O)c3cnc(C#N)s3)CC2c2nnc(C(F)(F)c3ccc(Cl)c(Cl)c3)o2)C1. The first kappa shape index (κ1) is 27.1. The number of amides is 2. The standard InChI is InChI=1S/C26H22Cl2F2N6O3S/c1-24(2)6-14(24)21(37)36-11-25(12-36)10-35(22(38)18-8-32-19(7-31)40-18)9-15(25)20-33-34-23(39-20)26(29,30)13-3-4-16(27)17(28)5-13/h3-5,8,14-15H,6,9-12H2,1-2H3/t14-,15?/m1/s1. The summed E-state index contributed by atoms with van der Waals surface area (Å²) in [6.45, 7) is 5.13. The fraction of sp³-hybridized carbons (Fsp3) is 0.462. The second-order valence-corrected chi connectivity index (χ2v) is 13.2. The van der Waals surface area contributed by atoms with Crippen LogP contribution in [0, 0.1) is 28.1 Å². The van der Waals surface area contributed by atoms with Crippen LogP contribution in [0.4, 0.5) is 8.78 Å². The minimum absolute atomic E-state index is 0.0362. The first-order chi connectivity index (χ1) is 18.8. The van der Waals surface area contributed by atoms with E-state index in [0.717, 1.165) is 29.9 Å². The average molecular weight is 607 g/mol. The molecular weight excluding hydrogens is 585 g/mol. The van der Waals surface area contributed by atoms with Gasteiger partial charge in [-0.1, -0.05) is 54.5 Å². The highest BCUT2D eigenvalue weighted by molar-refractivity contribution is 7.14. The Morgan fingerprint density at radius 1 is 1.18 bits per heavy atom. The molecule has 9 nitrogen and oxygen atoms in total. The molecule has 2 atom stereocenters. The zero-order valence-corrected chi connectivity index (χ0v) is 23.7. The van der Waals surface area contributed by atoms with Crippen LogP contribution in [0.5, 0.6) is 0 Å². The van der Waals surface area contributed by atoms with Crippen LogP contribution in [0.1, 0.15) is 58.2 Å². The summed E-state index contributed by atoms with van der Waals surface area (Å²) in [5.74, 6) is -5.51. The van der Waals surface area contributed by atoms with E-state index in [2.05, 4.69) is 15.2 Å². The summed E-state index contributed by atoms with van der Waals surface area (Å²) in [6, 6.07) is 5.36. The zero-order valence-electron chi connectivity index (χ0n) is 21.3. The van der Waals surface area contributed by atoms with Crippen LogP contribution >= 0.6 is 34.5 Å². The largest absolute Gasteiger partial charge is 0.419 e. The third-order valence-corrected chi connectivity index (χ3v) is 9.80. The molecular formula is C26H22Cl2F2N6O3S. The lowest BCUT2D eigenvalue weighted by molar-refractivity contribution is -0.146. The van der Waals surface area contributed by atoms with Crippen LogP contribution in [0.25, 0.3) is 0 Å². The maximum absolute atomic E-state index is 15.3. The molecule has 3 aliphatic rings. The van der Waals surface area contributed by atoms with Gasteiger partial charge in [-0.15, -0.1) is 10.2 Å². The Morgan fingerprint density at radius 3 is 2.50 bits per heavy atom. The molecule has 1 saturated carbocycles. The number of likely N-dealkylation sites (tertiary alicyclic amines) is 2. The Morgan fingerprint density at radius 2 is 1.88 bits per heavy atom. The van der Waals surface area contributed by atoms with Gasteiger partial charge in [0.05, 0.1) is 22.2 Å². The van der Waals surface area contributed by atoms with Gasteiger partial charge in [-0.25, -0.2) is 4.98 Å². The number of rotatable bonds is 5. The zero-order chi connectivity index (χ0) is 28.6. The molecule has 0 radical (unpaired) electrons. The van der Waals surface area contributed by atoms with Crippen LogP contribution in [-0.4, -0.2) is 63.0 Å². The van der Waals surface area contributed by atoms with E-state index in [1.807, 2.05) is 19.9 Å². The topological polar surface area (TPSA) is 116 Å². The summed E-state index contributed by atoms with van der Waals surface area (Å²) in [5, 5.41) is 17.0. The number of carbonyl (C=O) groups excluding carboxylic acids is 2. The van der Waals surface area contributed by atoms with Crippen LogP contribution < -0.4 is 0 Å². The molecule has 208 valence electrons. The molecule has 1 unspecified atom stereocenters. The van der Waals surface area contributed by atoms with Gasteiger partial charge in [-0.05, 0) is 24.0 Å². The molecule has 1 spiro atoms. The molecule has 2 aliphatic heterocycles. The van der Waals surface area contributed by atoms with E-state index >= 15 is 8.78 Å². The normalized spacial score (nSPS) is 22.7. The maximum atomic E-state index is 15.3. The van der Waals surface area contributed by atoms with Gasteiger partial charge in [0.2, 0.25) is 11.8 Å². The van der Waals surface area contributed by atoms with Crippen molar-refractivity contribution in [3.8, 4) is 6.07 Å². The molecule has 40 heavy (non-hydrogen) atoms. The first-order valence-electron chi connectivity index (χ1n) is 12.5. The number of hydrogen-bond donors (Lipinski definition) is 0. The molecule has 2 saturated heterocycles. The number of nitrogens with zero attached hydrogens (tertiary/aromatic N) is 6. The molecule has 4 heterocycles. The minimum Gasteiger partial charge on any atom is -0.419 e. The van der Waals surface area contributed by atoms with Crippen molar-refractivity contribution in [1.29, 1.82) is 5.26 Å². The second kappa shape index (κ2) is 9.19. The Kier molecular flexibility index (Phi) is 6.22. The van der Waals surface area contributed by atoms with Crippen molar-refractivity contribution in [1.82, 2.24) is 25.0 Å². The lowest BCUT2D eigenvalue weighted by Gasteiger charge is -2.50.